The number of nitrogens with one attached hydrogen (secondary N) is 1. The molecule has 1 amide bonds. The molecule has 1 spiro atoms. The number of carbonyl (C=O) groups excluding carboxylic acids is 1. The van der Waals surface area contributed by atoms with Crippen LogP contribution in [0.15, 0.2) is 15.6 Å². The third-order valence-corrected chi connectivity index (χ3v) is 8.06. The van der Waals surface area contributed by atoms with E-state index >= 15 is 0 Å². The monoisotopic (exact) mass is 503 g/mol. The number of anilines is 2. The van der Waals surface area contributed by atoms with Crippen molar-refractivity contribution in [1.29, 1.82) is 0 Å². The van der Waals surface area contributed by atoms with Crippen molar-refractivity contribution < 1.29 is 23.9 Å². The second-order valence-electron chi connectivity index (χ2n) is 10.1. The Kier molecular flexibility index (Phi) is 5.67. The Morgan fingerprint density at radius 2 is 2.23 bits per heavy atom. The molecule has 1 aromatic heterocycles. The minimum atomic E-state index is -0.465. The standard InChI is InChI=1S/C24H30ClN5O5/c1-13-8-29-19-15(7-24(10-26-12-27-11-24)21(29)14(2)34-13)6-17-20(18(19)25)35-28-22(17)30-16(4-3-5-31)9-33-23(30)32/h6,10,13-14,16,21,27,31H,3-5,7-9,11-12H2,1-2H3/t13-,14+,16+,21-,24?/m1/s1. The molecule has 2 aromatic rings. The first-order chi connectivity index (χ1) is 16.9. The van der Waals surface area contributed by atoms with Gasteiger partial charge < -0.3 is 24.0 Å². The van der Waals surface area contributed by atoms with Crippen LogP contribution in [-0.4, -0.2) is 79.8 Å². The Hall–Kier alpha value is -2.40. The lowest BCUT2D eigenvalue weighted by atomic mass is 9.69. The summed E-state index contributed by atoms with van der Waals surface area (Å²) in [5, 5.41) is 18.2. The summed E-state index contributed by atoms with van der Waals surface area (Å²) in [6.07, 6.45) is 3.55. The van der Waals surface area contributed by atoms with E-state index in [0.29, 0.717) is 47.9 Å². The molecule has 4 aliphatic heterocycles. The molecule has 0 aliphatic carbocycles. The van der Waals surface area contributed by atoms with Crippen LogP contribution in [0.3, 0.4) is 0 Å². The molecule has 5 atom stereocenters. The third kappa shape index (κ3) is 3.53. The molecule has 11 heteroatoms. The zero-order chi connectivity index (χ0) is 24.3. The highest BCUT2D eigenvalue weighted by Gasteiger charge is 2.52. The van der Waals surface area contributed by atoms with Crippen LogP contribution in [0.5, 0.6) is 0 Å². The predicted molar refractivity (Wildman–Crippen MR) is 132 cm³/mol. The van der Waals surface area contributed by atoms with Crippen molar-refractivity contribution in [1.82, 2.24) is 10.5 Å². The fourth-order valence-electron chi connectivity index (χ4n) is 6.46. The highest BCUT2D eigenvalue weighted by Crippen LogP contribution is 2.51. The number of nitrogens with zero attached hydrogens (tertiary/aromatic N) is 4. The van der Waals surface area contributed by atoms with E-state index in [9.17, 15) is 9.90 Å². The smallest absolute Gasteiger partial charge is 0.416 e. The van der Waals surface area contributed by atoms with Gasteiger partial charge in [-0.15, -0.1) is 0 Å². The highest BCUT2D eigenvalue weighted by atomic mass is 35.5. The first kappa shape index (κ1) is 23.0. The molecule has 0 radical (unpaired) electrons. The molecule has 6 rings (SSSR count). The molecule has 2 N–H and O–H groups in total. The predicted octanol–water partition coefficient (Wildman–Crippen LogP) is 2.74. The number of halogens is 1. The van der Waals surface area contributed by atoms with Gasteiger partial charge in [0.1, 0.15) is 11.6 Å². The van der Waals surface area contributed by atoms with Crippen LogP contribution in [0.4, 0.5) is 16.3 Å². The number of hydrogen-bond acceptors (Lipinski definition) is 9. The first-order valence-electron chi connectivity index (χ1n) is 12.2. The topological polar surface area (TPSA) is 113 Å². The van der Waals surface area contributed by atoms with E-state index in [1.54, 1.807) is 0 Å². The van der Waals surface area contributed by atoms with Gasteiger partial charge in [0.15, 0.2) is 11.4 Å². The molecule has 2 saturated heterocycles. The second-order valence-corrected chi connectivity index (χ2v) is 10.5. The maximum atomic E-state index is 12.6. The Morgan fingerprint density at radius 1 is 1.37 bits per heavy atom. The van der Waals surface area contributed by atoms with Gasteiger partial charge >= 0.3 is 6.09 Å². The Balaban J connectivity index is 1.49. The lowest BCUT2D eigenvalue weighted by molar-refractivity contribution is -0.0519. The minimum Gasteiger partial charge on any atom is -0.447 e. The number of cyclic esters (lactones) is 1. The summed E-state index contributed by atoms with van der Waals surface area (Å²) in [4.78, 5) is 21.1. The molecule has 5 heterocycles. The fraction of sp³-hybridized carbons (Fsp3) is 0.625. The summed E-state index contributed by atoms with van der Waals surface area (Å²) in [7, 11) is 0. The summed E-state index contributed by atoms with van der Waals surface area (Å²) in [5.74, 6) is 0.408. The third-order valence-electron chi connectivity index (χ3n) is 7.71. The number of aliphatic hydroxyl groups excluding tert-OH is 1. The average molecular weight is 504 g/mol. The molecular weight excluding hydrogens is 474 g/mol. The van der Waals surface area contributed by atoms with E-state index in [1.165, 1.54) is 4.90 Å². The van der Waals surface area contributed by atoms with Gasteiger partial charge in [0.05, 0.1) is 42.0 Å². The molecule has 0 saturated carbocycles. The van der Waals surface area contributed by atoms with E-state index < -0.39 is 6.09 Å². The second kappa shape index (κ2) is 8.62. The van der Waals surface area contributed by atoms with Crippen molar-refractivity contribution in [3.63, 3.8) is 0 Å². The van der Waals surface area contributed by atoms with Gasteiger partial charge in [0.25, 0.3) is 0 Å². The number of aliphatic imine (C=N–C) groups is 1. The fourth-order valence-corrected chi connectivity index (χ4v) is 6.82. The summed E-state index contributed by atoms with van der Waals surface area (Å²) >= 11 is 7.05. The zero-order valence-electron chi connectivity index (χ0n) is 19.9. The zero-order valence-corrected chi connectivity index (χ0v) is 20.6. The number of aromatic nitrogens is 1. The number of ether oxygens (including phenoxy) is 2. The summed E-state index contributed by atoms with van der Waals surface area (Å²) in [5.41, 5.74) is 2.21. The van der Waals surface area contributed by atoms with Crippen molar-refractivity contribution in [2.24, 2.45) is 10.4 Å². The normalized spacial score (nSPS) is 32.3. The summed E-state index contributed by atoms with van der Waals surface area (Å²) < 4.78 is 17.3. The number of carbonyl (C=O) groups is 1. The number of hydrogen-bond donors (Lipinski definition) is 2. The Bertz CT molecular complexity index is 1190. The van der Waals surface area contributed by atoms with E-state index in [2.05, 4.69) is 46.5 Å². The van der Waals surface area contributed by atoms with Crippen molar-refractivity contribution in [3.05, 3.63) is 16.7 Å². The van der Waals surface area contributed by atoms with Crippen molar-refractivity contribution in [3.8, 4) is 0 Å². The average Bonchev–Trinajstić information content (AvgIpc) is 3.40. The van der Waals surface area contributed by atoms with Crippen LogP contribution >= 0.6 is 11.6 Å². The van der Waals surface area contributed by atoms with Crippen molar-refractivity contribution in [2.75, 3.05) is 42.8 Å². The number of aliphatic hydroxyl groups is 1. The number of benzene rings is 1. The Labute approximate surface area is 208 Å². The van der Waals surface area contributed by atoms with Crippen LogP contribution in [0.1, 0.15) is 32.3 Å². The van der Waals surface area contributed by atoms with Gasteiger partial charge in [-0.3, -0.25) is 15.2 Å². The lowest BCUT2D eigenvalue weighted by Crippen LogP contribution is -2.67. The maximum Gasteiger partial charge on any atom is 0.416 e. The number of morpholine rings is 1. The first-order valence-corrected chi connectivity index (χ1v) is 12.6. The summed E-state index contributed by atoms with van der Waals surface area (Å²) in [6, 6.07) is 1.91. The molecule has 0 bridgehead atoms. The van der Waals surface area contributed by atoms with Crippen molar-refractivity contribution in [2.45, 2.75) is 57.4 Å². The molecule has 188 valence electrons. The molecule has 4 aliphatic rings. The number of amides is 1. The van der Waals surface area contributed by atoms with E-state index in [1.807, 2.05) is 0 Å². The van der Waals surface area contributed by atoms with Gasteiger partial charge in [-0.25, -0.2) is 4.79 Å². The van der Waals surface area contributed by atoms with Crippen molar-refractivity contribution >= 4 is 46.4 Å². The highest BCUT2D eigenvalue weighted by molar-refractivity contribution is 6.38. The lowest BCUT2D eigenvalue weighted by Gasteiger charge is -2.56. The Morgan fingerprint density at radius 3 is 3.00 bits per heavy atom. The molecule has 1 aromatic carbocycles. The molecule has 2 fully saturated rings. The van der Waals surface area contributed by atoms with Gasteiger partial charge in [-0.1, -0.05) is 16.8 Å². The van der Waals surface area contributed by atoms with Crippen LogP contribution in [0.25, 0.3) is 11.0 Å². The minimum absolute atomic E-state index is 0.0121. The van der Waals surface area contributed by atoms with Gasteiger partial charge in [0.2, 0.25) is 0 Å². The summed E-state index contributed by atoms with van der Waals surface area (Å²) in [6.45, 7) is 6.58. The largest absolute Gasteiger partial charge is 0.447 e. The van der Waals surface area contributed by atoms with Crippen LogP contribution in [-0.2, 0) is 15.9 Å². The molecule has 1 unspecified atom stereocenters. The van der Waals surface area contributed by atoms with E-state index in [-0.39, 0.29) is 42.9 Å². The van der Waals surface area contributed by atoms with Crippen LogP contribution in [0, 0.1) is 5.41 Å². The van der Waals surface area contributed by atoms with Crippen LogP contribution < -0.4 is 15.1 Å². The van der Waals surface area contributed by atoms with E-state index in [4.69, 9.17) is 25.6 Å². The van der Waals surface area contributed by atoms with Crippen LogP contribution in [0.2, 0.25) is 5.02 Å². The van der Waals surface area contributed by atoms with Gasteiger partial charge in [-0.2, -0.15) is 0 Å². The SMILES string of the molecule is C[C@@H]1CN2c3c(cc4c(N5C(=O)OC[C@@H]5CCCO)noc4c3Cl)CC3(C=NCNC3)[C@H]2[C@H](C)O1. The quantitative estimate of drug-likeness (QED) is 0.655. The number of fused-ring (bicyclic) bond motifs is 5. The maximum absolute atomic E-state index is 12.6. The molecule has 10 nitrogen and oxygen atoms in total. The van der Waals surface area contributed by atoms with E-state index in [0.717, 1.165) is 24.2 Å². The van der Waals surface area contributed by atoms with Gasteiger partial charge in [-0.05, 0) is 44.7 Å². The molecular formula is C24H30ClN5O5. The molecule has 35 heavy (non-hydrogen) atoms. The van der Waals surface area contributed by atoms with Gasteiger partial charge in [0, 0.05) is 31.3 Å². The number of rotatable bonds is 4.